The van der Waals surface area contributed by atoms with Crippen molar-refractivity contribution in [3.63, 3.8) is 0 Å². The van der Waals surface area contributed by atoms with Gasteiger partial charge in [-0.05, 0) is 6.92 Å². The molecule has 2 N–H and O–H groups in total. The number of hydrazine groups is 1. The number of aryl methyl sites for hydroxylation is 1. The minimum absolute atomic E-state index is 0.331. The van der Waals surface area contributed by atoms with Crippen LogP contribution in [0.3, 0.4) is 0 Å². The molecule has 4 rings (SSSR count). The summed E-state index contributed by atoms with van der Waals surface area (Å²) in [4.78, 5) is 31.7. The van der Waals surface area contributed by atoms with Crippen LogP contribution in [0.2, 0.25) is 0 Å². The smallest absolute Gasteiger partial charge is 0.287 e. The number of hydrogen-bond donors (Lipinski definition) is 2. The molecular weight excluding hydrogens is 390 g/mol. The minimum atomic E-state index is -0.380. The van der Waals surface area contributed by atoms with Gasteiger partial charge in [0.15, 0.2) is 4.96 Å². The van der Waals surface area contributed by atoms with E-state index in [2.05, 4.69) is 40.0 Å². The van der Waals surface area contributed by atoms with Gasteiger partial charge in [-0.25, -0.2) is 4.98 Å². The van der Waals surface area contributed by atoms with Crippen LogP contribution in [-0.4, -0.2) is 52.4 Å². The molecule has 3 aromatic rings. The predicted molar refractivity (Wildman–Crippen MR) is 111 cm³/mol. The summed E-state index contributed by atoms with van der Waals surface area (Å²) in [7, 11) is 0. The molecule has 9 heteroatoms. The van der Waals surface area contributed by atoms with Crippen molar-refractivity contribution in [3.05, 3.63) is 46.6 Å². The van der Waals surface area contributed by atoms with E-state index in [0.29, 0.717) is 25.5 Å². The summed E-state index contributed by atoms with van der Waals surface area (Å²) in [6, 6.07) is 8.21. The fraction of sp³-hybridized carbons (Fsp3) is 0.350. The molecule has 3 heterocycles. The zero-order valence-electron chi connectivity index (χ0n) is 16.4. The number of rotatable bonds is 4. The Balaban J connectivity index is 1.78. The normalized spacial score (nSPS) is 14.8. The van der Waals surface area contributed by atoms with Crippen LogP contribution in [0.15, 0.2) is 29.6 Å². The van der Waals surface area contributed by atoms with Crippen LogP contribution >= 0.6 is 11.3 Å². The first kappa shape index (κ1) is 19.6. The van der Waals surface area contributed by atoms with Gasteiger partial charge >= 0.3 is 0 Å². The molecule has 8 nitrogen and oxygen atoms in total. The van der Waals surface area contributed by atoms with Crippen LogP contribution in [0.5, 0.6) is 0 Å². The van der Waals surface area contributed by atoms with Gasteiger partial charge in [-0.2, -0.15) is 0 Å². The van der Waals surface area contributed by atoms with E-state index in [0.717, 1.165) is 40.6 Å². The number of nitrogens with one attached hydrogen (secondary N) is 2. The number of benzene rings is 1. The van der Waals surface area contributed by atoms with Crippen molar-refractivity contribution in [2.75, 3.05) is 26.3 Å². The zero-order valence-corrected chi connectivity index (χ0v) is 17.2. The first-order valence-corrected chi connectivity index (χ1v) is 10.3. The number of thiazole rings is 1. The Kier molecular flexibility index (Phi) is 5.61. The van der Waals surface area contributed by atoms with E-state index in [-0.39, 0.29) is 11.8 Å². The number of ether oxygens (including phenoxy) is 1. The molecule has 29 heavy (non-hydrogen) atoms. The number of aromatic nitrogens is 2. The van der Waals surface area contributed by atoms with Crippen LogP contribution in [0.25, 0.3) is 16.2 Å². The van der Waals surface area contributed by atoms with Crippen LogP contribution in [0, 0.1) is 6.92 Å². The number of carbonyl (C=O) groups is 2. The molecule has 1 aliphatic rings. The van der Waals surface area contributed by atoms with E-state index in [4.69, 9.17) is 9.72 Å². The van der Waals surface area contributed by atoms with Gasteiger partial charge in [0.2, 0.25) is 5.91 Å². The summed E-state index contributed by atoms with van der Waals surface area (Å²) in [6.07, 6.45) is 0. The zero-order chi connectivity index (χ0) is 20.4. The minimum Gasteiger partial charge on any atom is -0.379 e. The lowest BCUT2D eigenvalue weighted by Gasteiger charge is -2.26. The number of hydrogen-bond acceptors (Lipinski definition) is 6. The second-order valence-electron chi connectivity index (χ2n) is 7.04. The van der Waals surface area contributed by atoms with Gasteiger partial charge in [0.25, 0.3) is 5.91 Å². The first-order valence-electron chi connectivity index (χ1n) is 9.46. The maximum Gasteiger partial charge on any atom is 0.287 e. The second kappa shape index (κ2) is 8.32. The molecule has 0 radical (unpaired) electrons. The molecular formula is C20H23N5O3S. The van der Waals surface area contributed by atoms with Gasteiger partial charge in [0.05, 0.1) is 24.6 Å². The second-order valence-corrected chi connectivity index (χ2v) is 7.87. The number of morpholine rings is 1. The van der Waals surface area contributed by atoms with E-state index < -0.39 is 0 Å². The standard InChI is InChI=1S/C20H23N5O3S/c1-13-3-5-15(6-4-13)18-16(11-24-7-9-28-10-8-24)21-20-25(18)17(12-29-20)19(27)23-22-14(2)26/h3-6,12H,7-11H2,1-2H3,(H,22,26)(H,23,27). The summed E-state index contributed by atoms with van der Waals surface area (Å²) in [5.41, 5.74) is 9.23. The SMILES string of the molecule is CC(=O)NNC(=O)c1csc2nc(CN3CCOCC3)c(-c3ccc(C)cc3)n12. The van der Waals surface area contributed by atoms with E-state index in [9.17, 15) is 9.59 Å². The third-order valence-electron chi connectivity index (χ3n) is 4.82. The lowest BCUT2D eigenvalue weighted by Crippen LogP contribution is -2.40. The molecule has 1 aliphatic heterocycles. The molecule has 0 saturated carbocycles. The molecule has 152 valence electrons. The van der Waals surface area contributed by atoms with E-state index in [1.807, 2.05) is 11.3 Å². The number of fused-ring (bicyclic) bond motifs is 1. The Morgan fingerprint density at radius 3 is 2.59 bits per heavy atom. The molecule has 1 aromatic carbocycles. The van der Waals surface area contributed by atoms with Crippen molar-refractivity contribution < 1.29 is 14.3 Å². The monoisotopic (exact) mass is 413 g/mol. The van der Waals surface area contributed by atoms with Crippen molar-refractivity contribution in [1.82, 2.24) is 25.1 Å². The number of amides is 2. The molecule has 2 amide bonds. The van der Waals surface area contributed by atoms with Crippen molar-refractivity contribution in [2.45, 2.75) is 20.4 Å². The number of nitrogens with zero attached hydrogens (tertiary/aromatic N) is 3. The van der Waals surface area contributed by atoms with Gasteiger partial charge in [0, 0.05) is 37.5 Å². The van der Waals surface area contributed by atoms with Crippen molar-refractivity contribution >= 4 is 28.1 Å². The van der Waals surface area contributed by atoms with Crippen LogP contribution in [-0.2, 0) is 16.1 Å². The largest absolute Gasteiger partial charge is 0.379 e. The maximum absolute atomic E-state index is 12.7. The van der Waals surface area contributed by atoms with Crippen molar-refractivity contribution in [3.8, 4) is 11.3 Å². The Morgan fingerprint density at radius 1 is 1.17 bits per heavy atom. The lowest BCUT2D eigenvalue weighted by atomic mass is 10.1. The molecule has 0 atom stereocenters. The summed E-state index contributed by atoms with van der Waals surface area (Å²) in [6.45, 7) is 7.22. The molecule has 1 saturated heterocycles. The maximum atomic E-state index is 12.7. The Labute approximate surface area is 172 Å². The number of imidazole rings is 1. The molecule has 2 aromatic heterocycles. The lowest BCUT2D eigenvalue weighted by molar-refractivity contribution is -0.119. The van der Waals surface area contributed by atoms with Gasteiger partial charge in [-0.3, -0.25) is 29.7 Å². The highest BCUT2D eigenvalue weighted by molar-refractivity contribution is 7.15. The van der Waals surface area contributed by atoms with Gasteiger partial charge in [-0.15, -0.1) is 11.3 Å². The summed E-state index contributed by atoms with van der Waals surface area (Å²) >= 11 is 1.41. The third-order valence-corrected chi connectivity index (χ3v) is 5.65. The summed E-state index contributed by atoms with van der Waals surface area (Å²) in [5, 5.41) is 1.76. The van der Waals surface area contributed by atoms with E-state index in [1.54, 1.807) is 5.38 Å². The molecule has 0 bridgehead atoms. The van der Waals surface area contributed by atoms with Crippen molar-refractivity contribution in [2.24, 2.45) is 0 Å². The van der Waals surface area contributed by atoms with E-state index >= 15 is 0 Å². The predicted octanol–water partition coefficient (Wildman–Crippen LogP) is 1.98. The molecule has 1 fully saturated rings. The Morgan fingerprint density at radius 2 is 1.90 bits per heavy atom. The average Bonchev–Trinajstić information content (AvgIpc) is 3.26. The van der Waals surface area contributed by atoms with Crippen LogP contribution < -0.4 is 10.9 Å². The summed E-state index contributed by atoms with van der Waals surface area (Å²) in [5.74, 6) is -0.711. The quantitative estimate of drug-likeness (QED) is 0.639. The van der Waals surface area contributed by atoms with Gasteiger partial charge in [0.1, 0.15) is 5.69 Å². The van der Waals surface area contributed by atoms with Crippen LogP contribution in [0.4, 0.5) is 0 Å². The number of carbonyl (C=O) groups excluding carboxylic acids is 2. The Bertz CT molecular complexity index is 1030. The highest BCUT2D eigenvalue weighted by Gasteiger charge is 2.23. The average molecular weight is 414 g/mol. The molecule has 0 spiro atoms. The van der Waals surface area contributed by atoms with Gasteiger partial charge in [-0.1, -0.05) is 29.8 Å². The topological polar surface area (TPSA) is 88.0 Å². The Hall–Kier alpha value is -2.75. The third kappa shape index (κ3) is 4.16. The fourth-order valence-electron chi connectivity index (χ4n) is 3.36. The highest BCUT2D eigenvalue weighted by atomic mass is 32.1. The fourth-order valence-corrected chi connectivity index (χ4v) is 4.25. The van der Waals surface area contributed by atoms with Crippen LogP contribution in [0.1, 0.15) is 28.7 Å². The molecule has 0 aliphatic carbocycles. The molecule has 0 unspecified atom stereocenters. The van der Waals surface area contributed by atoms with Crippen molar-refractivity contribution in [1.29, 1.82) is 0 Å². The van der Waals surface area contributed by atoms with E-state index in [1.165, 1.54) is 18.3 Å². The first-order chi connectivity index (χ1) is 14.0. The summed E-state index contributed by atoms with van der Waals surface area (Å²) < 4.78 is 7.33. The van der Waals surface area contributed by atoms with Gasteiger partial charge < -0.3 is 4.74 Å². The highest BCUT2D eigenvalue weighted by Crippen LogP contribution is 2.31.